The molecule has 2 aromatic rings. The van der Waals surface area contributed by atoms with Crippen molar-refractivity contribution in [2.75, 3.05) is 6.54 Å². The van der Waals surface area contributed by atoms with Gasteiger partial charge in [-0.3, -0.25) is 9.59 Å². The Hall–Kier alpha value is -2.63. The summed E-state index contributed by atoms with van der Waals surface area (Å²) in [6, 6.07) is 10.1. The lowest BCUT2D eigenvalue weighted by Crippen LogP contribution is -2.42. The number of carbonyl (C=O) groups excluding carboxylic acids is 2. The summed E-state index contributed by atoms with van der Waals surface area (Å²) in [5.74, 6) is -0.105. The smallest absolute Gasteiger partial charge is 0.225 e. The van der Waals surface area contributed by atoms with Gasteiger partial charge in [-0.1, -0.05) is 18.2 Å². The predicted octanol–water partition coefficient (Wildman–Crippen LogP) is 1.50. The number of carbonyl (C=O) groups is 2. The number of fused-ring (bicyclic) bond motifs is 1. The molecule has 0 saturated carbocycles. The molecule has 1 fully saturated rings. The molecular weight excluding hydrogens is 316 g/mol. The Balaban J connectivity index is 1.48. The SMILES string of the molecule is O=C1CC[C@H](C(=O)NCc2nn(-c3ccccc3)c3c2CCC3)CN1. The molecular formula is C19H22N4O2. The fraction of sp³-hybridized carbons (Fsp3) is 0.421. The first-order valence-electron chi connectivity index (χ1n) is 8.92. The van der Waals surface area contributed by atoms with E-state index in [9.17, 15) is 9.59 Å². The molecule has 130 valence electrons. The summed E-state index contributed by atoms with van der Waals surface area (Å²) in [5.41, 5.74) is 4.57. The molecule has 4 rings (SSSR count). The van der Waals surface area contributed by atoms with Crippen molar-refractivity contribution in [3.8, 4) is 5.69 Å². The summed E-state index contributed by atoms with van der Waals surface area (Å²) in [4.78, 5) is 23.6. The second kappa shape index (κ2) is 6.70. The standard InChI is InChI=1S/C19H22N4O2/c24-18-10-9-13(11-20-18)19(25)21-12-16-15-7-4-8-17(15)23(22-16)14-5-2-1-3-6-14/h1-3,5-6,13H,4,7-12H2,(H,20,24)(H,21,25)/t13-/m0/s1. The number of hydrogen-bond donors (Lipinski definition) is 2. The Kier molecular flexibility index (Phi) is 4.26. The van der Waals surface area contributed by atoms with Gasteiger partial charge in [-0.05, 0) is 43.4 Å². The molecule has 1 aromatic carbocycles. The summed E-state index contributed by atoms with van der Waals surface area (Å²) in [7, 11) is 0. The maximum atomic E-state index is 12.4. The van der Waals surface area contributed by atoms with Crippen molar-refractivity contribution in [1.82, 2.24) is 20.4 Å². The van der Waals surface area contributed by atoms with E-state index < -0.39 is 0 Å². The molecule has 6 heteroatoms. The highest BCUT2D eigenvalue weighted by Crippen LogP contribution is 2.27. The van der Waals surface area contributed by atoms with Crippen LogP contribution in [-0.2, 0) is 29.0 Å². The minimum atomic E-state index is -0.137. The van der Waals surface area contributed by atoms with Gasteiger partial charge < -0.3 is 10.6 Å². The maximum Gasteiger partial charge on any atom is 0.225 e. The van der Waals surface area contributed by atoms with Crippen LogP contribution in [0.25, 0.3) is 5.69 Å². The highest BCUT2D eigenvalue weighted by molar-refractivity contribution is 5.83. The van der Waals surface area contributed by atoms with E-state index in [1.807, 2.05) is 22.9 Å². The van der Waals surface area contributed by atoms with Crippen LogP contribution in [0.5, 0.6) is 0 Å². The zero-order chi connectivity index (χ0) is 17.2. The van der Waals surface area contributed by atoms with E-state index in [2.05, 4.69) is 22.8 Å². The van der Waals surface area contributed by atoms with E-state index >= 15 is 0 Å². The number of nitrogens with zero attached hydrogens (tertiary/aromatic N) is 2. The largest absolute Gasteiger partial charge is 0.355 e. The van der Waals surface area contributed by atoms with Crippen LogP contribution in [0.3, 0.4) is 0 Å². The van der Waals surface area contributed by atoms with Gasteiger partial charge >= 0.3 is 0 Å². The summed E-state index contributed by atoms with van der Waals surface area (Å²) in [6.07, 6.45) is 4.23. The first-order valence-corrected chi connectivity index (χ1v) is 8.92. The van der Waals surface area contributed by atoms with Gasteiger partial charge in [0.25, 0.3) is 0 Å². The number of aromatic nitrogens is 2. The number of piperidine rings is 1. The Morgan fingerprint density at radius 1 is 1.24 bits per heavy atom. The zero-order valence-corrected chi connectivity index (χ0v) is 14.1. The molecule has 0 bridgehead atoms. The molecule has 2 aliphatic rings. The third-order valence-corrected chi connectivity index (χ3v) is 5.08. The Morgan fingerprint density at radius 3 is 2.84 bits per heavy atom. The summed E-state index contributed by atoms with van der Waals surface area (Å²) < 4.78 is 2.02. The van der Waals surface area contributed by atoms with Gasteiger partial charge in [-0.2, -0.15) is 5.10 Å². The molecule has 2 heterocycles. The van der Waals surface area contributed by atoms with Crippen molar-refractivity contribution < 1.29 is 9.59 Å². The summed E-state index contributed by atoms with van der Waals surface area (Å²) in [6.45, 7) is 0.882. The van der Waals surface area contributed by atoms with Gasteiger partial charge in [0.2, 0.25) is 11.8 Å². The predicted molar refractivity (Wildman–Crippen MR) is 93.2 cm³/mol. The van der Waals surface area contributed by atoms with E-state index in [0.29, 0.717) is 25.9 Å². The van der Waals surface area contributed by atoms with Crippen LogP contribution in [0, 0.1) is 5.92 Å². The van der Waals surface area contributed by atoms with Gasteiger partial charge in [-0.25, -0.2) is 4.68 Å². The molecule has 0 radical (unpaired) electrons. The van der Waals surface area contributed by atoms with E-state index in [-0.39, 0.29) is 17.7 Å². The normalized spacial score (nSPS) is 19.4. The van der Waals surface area contributed by atoms with Crippen LogP contribution in [0.15, 0.2) is 30.3 Å². The summed E-state index contributed by atoms with van der Waals surface area (Å²) >= 11 is 0. The monoisotopic (exact) mass is 338 g/mol. The highest BCUT2D eigenvalue weighted by Gasteiger charge is 2.26. The van der Waals surface area contributed by atoms with Crippen molar-refractivity contribution in [1.29, 1.82) is 0 Å². The van der Waals surface area contributed by atoms with Crippen molar-refractivity contribution in [3.63, 3.8) is 0 Å². The van der Waals surface area contributed by atoms with E-state index in [1.54, 1.807) is 0 Å². The van der Waals surface area contributed by atoms with Crippen LogP contribution < -0.4 is 10.6 Å². The Labute approximate surface area is 146 Å². The van der Waals surface area contributed by atoms with Crippen molar-refractivity contribution in [2.45, 2.75) is 38.6 Å². The number of hydrogen-bond acceptors (Lipinski definition) is 3. The van der Waals surface area contributed by atoms with E-state index in [1.165, 1.54) is 11.3 Å². The number of rotatable bonds is 4. The average molecular weight is 338 g/mol. The first kappa shape index (κ1) is 15.9. The lowest BCUT2D eigenvalue weighted by Gasteiger charge is -2.21. The Morgan fingerprint density at radius 2 is 2.08 bits per heavy atom. The molecule has 2 N–H and O–H groups in total. The van der Waals surface area contributed by atoms with Gasteiger partial charge in [0.15, 0.2) is 0 Å². The van der Waals surface area contributed by atoms with Crippen LogP contribution in [0.4, 0.5) is 0 Å². The lowest BCUT2D eigenvalue weighted by molar-refractivity contribution is -0.129. The molecule has 1 aliphatic carbocycles. The quantitative estimate of drug-likeness (QED) is 0.887. The van der Waals surface area contributed by atoms with Gasteiger partial charge in [-0.15, -0.1) is 0 Å². The number of para-hydroxylation sites is 1. The molecule has 1 atom stereocenters. The zero-order valence-electron chi connectivity index (χ0n) is 14.1. The number of benzene rings is 1. The fourth-order valence-corrected chi connectivity index (χ4v) is 3.71. The average Bonchev–Trinajstić information content (AvgIpc) is 3.24. The minimum absolute atomic E-state index is 0.000933. The van der Waals surface area contributed by atoms with Gasteiger partial charge in [0.1, 0.15) is 0 Å². The fourth-order valence-electron chi connectivity index (χ4n) is 3.71. The topological polar surface area (TPSA) is 76.0 Å². The molecule has 6 nitrogen and oxygen atoms in total. The van der Waals surface area contributed by atoms with E-state index in [0.717, 1.165) is 30.6 Å². The number of nitrogens with one attached hydrogen (secondary N) is 2. The van der Waals surface area contributed by atoms with Crippen LogP contribution in [-0.4, -0.2) is 28.1 Å². The van der Waals surface area contributed by atoms with Gasteiger partial charge in [0.05, 0.1) is 23.8 Å². The first-order chi connectivity index (χ1) is 12.2. The minimum Gasteiger partial charge on any atom is -0.355 e. The Bertz CT molecular complexity index is 787. The van der Waals surface area contributed by atoms with Crippen molar-refractivity contribution in [3.05, 3.63) is 47.3 Å². The van der Waals surface area contributed by atoms with E-state index in [4.69, 9.17) is 5.10 Å². The van der Waals surface area contributed by atoms with Crippen molar-refractivity contribution in [2.24, 2.45) is 5.92 Å². The van der Waals surface area contributed by atoms with Crippen LogP contribution in [0.2, 0.25) is 0 Å². The maximum absolute atomic E-state index is 12.4. The van der Waals surface area contributed by atoms with Crippen molar-refractivity contribution >= 4 is 11.8 Å². The molecule has 1 aliphatic heterocycles. The molecule has 0 unspecified atom stereocenters. The molecule has 1 aromatic heterocycles. The lowest BCUT2D eigenvalue weighted by atomic mass is 9.98. The van der Waals surface area contributed by atoms with Gasteiger partial charge in [0, 0.05) is 18.7 Å². The van der Waals surface area contributed by atoms with Crippen LogP contribution >= 0.6 is 0 Å². The second-order valence-corrected chi connectivity index (χ2v) is 6.73. The molecule has 0 spiro atoms. The second-order valence-electron chi connectivity index (χ2n) is 6.73. The summed E-state index contributed by atoms with van der Waals surface area (Å²) in [5, 5.41) is 10.5. The molecule has 1 saturated heterocycles. The number of amides is 2. The highest BCUT2D eigenvalue weighted by atomic mass is 16.2. The third kappa shape index (κ3) is 3.16. The molecule has 2 amide bonds. The molecule has 25 heavy (non-hydrogen) atoms. The third-order valence-electron chi connectivity index (χ3n) is 5.08. The van der Waals surface area contributed by atoms with Crippen LogP contribution in [0.1, 0.15) is 36.2 Å².